The lowest BCUT2D eigenvalue weighted by atomic mass is 10.0. The summed E-state index contributed by atoms with van der Waals surface area (Å²) in [6.45, 7) is 0. The van der Waals surface area contributed by atoms with Crippen LogP contribution < -0.4 is 5.73 Å². The van der Waals surface area contributed by atoms with Gasteiger partial charge in [-0.05, 0) is 34.4 Å². The highest BCUT2D eigenvalue weighted by Crippen LogP contribution is 2.26. The van der Waals surface area contributed by atoms with Gasteiger partial charge in [-0.15, -0.1) is 0 Å². The Hall–Kier alpha value is -2.02. The van der Waals surface area contributed by atoms with Crippen LogP contribution in [0.4, 0.5) is 5.69 Å². The van der Waals surface area contributed by atoms with Crippen molar-refractivity contribution < 1.29 is 1.41 Å². The molecule has 3 rings (SSSR count). The van der Waals surface area contributed by atoms with Gasteiger partial charge in [0.1, 0.15) is 0 Å². The molecule has 0 aliphatic heterocycles. The Morgan fingerprint density at radius 3 is 2.33 bits per heavy atom. The molecule has 0 aliphatic rings. The van der Waals surface area contributed by atoms with E-state index in [2.05, 4.69) is 36.1 Å². The number of anilines is 1. The number of benzene rings is 3. The van der Waals surface area contributed by atoms with E-state index in [9.17, 15) is 0 Å². The van der Waals surface area contributed by atoms with E-state index in [1.54, 1.807) is 0 Å². The van der Waals surface area contributed by atoms with Crippen molar-refractivity contribution in [3.05, 3.63) is 54.6 Å². The van der Waals surface area contributed by atoms with E-state index >= 15 is 0 Å². The quantitative estimate of drug-likeness (QED) is 0.465. The minimum absolute atomic E-state index is 0.850. The number of nitrogen functional groups attached to an aromatic ring is 1. The molecule has 3 aromatic rings. The van der Waals surface area contributed by atoms with Gasteiger partial charge in [-0.3, -0.25) is 0 Å². The summed E-state index contributed by atoms with van der Waals surface area (Å²) in [5.41, 5.74) is 3.33. The molecule has 0 heterocycles. The van der Waals surface area contributed by atoms with E-state index in [1.807, 2.05) is 24.3 Å². The minimum atomic E-state index is 0.850. The van der Waals surface area contributed by atoms with Gasteiger partial charge in [0.05, 0.1) is 0 Å². The highest BCUT2D eigenvalue weighted by atomic mass is 14.5. The van der Waals surface area contributed by atoms with Crippen LogP contribution in [0.25, 0.3) is 21.5 Å². The number of hydrogen-bond donors (Lipinski definition) is 1. The average Bonchev–Trinajstić information content (AvgIpc) is 2.35. The molecule has 1 heteroatoms. The Balaban J connectivity index is 2.46. The number of fused-ring (bicyclic) bond motifs is 2. The fraction of sp³-hybridized carbons (Fsp3) is 0. The summed E-state index contributed by atoms with van der Waals surface area (Å²) in [5, 5.41) is 4.70. The summed E-state index contributed by atoms with van der Waals surface area (Å²) in [5.74, 6) is 0. The lowest BCUT2D eigenvalue weighted by Gasteiger charge is -2.04. The van der Waals surface area contributed by atoms with E-state index in [4.69, 9.17) is 1.41 Å². The Bertz CT molecular complexity index is 661. The molecule has 0 amide bonds. The van der Waals surface area contributed by atoms with E-state index < -0.39 is 0 Å². The van der Waals surface area contributed by atoms with Crippen LogP contribution in [0, 0.1) is 0 Å². The first-order valence-electron chi connectivity index (χ1n) is 5.48. The molecular weight excluding hydrogens is 182 g/mol. The lowest BCUT2D eigenvalue weighted by Crippen LogP contribution is -1.86. The molecular formula is C14H11N. The van der Waals surface area contributed by atoms with Crippen molar-refractivity contribution >= 4 is 27.2 Å². The second kappa shape index (κ2) is 2.99. The van der Waals surface area contributed by atoms with Gasteiger partial charge in [0.25, 0.3) is 0 Å². The van der Waals surface area contributed by atoms with Crippen molar-refractivity contribution in [2.75, 3.05) is 5.73 Å². The van der Waals surface area contributed by atoms with E-state index in [-0.39, 0.29) is 0 Å². The van der Waals surface area contributed by atoms with Crippen LogP contribution in [0.1, 0.15) is 0 Å². The fourth-order valence-corrected chi connectivity index (χ4v) is 1.97. The summed E-state index contributed by atoms with van der Waals surface area (Å²) in [6.07, 6.45) is 0. The van der Waals surface area contributed by atoms with Crippen LogP contribution in [0.3, 0.4) is 0 Å². The summed E-state index contributed by atoms with van der Waals surface area (Å²) >= 11 is 0. The zero-order valence-corrected chi connectivity index (χ0v) is 8.20. The minimum Gasteiger partial charge on any atom is -0.398 e. The van der Waals surface area contributed by atoms with Gasteiger partial charge in [-0.2, -0.15) is 0 Å². The Morgan fingerprint density at radius 2 is 1.53 bits per heavy atom. The first kappa shape index (κ1) is 7.30. The number of nitrogens with two attached hydrogens (primary N) is 1. The zero-order valence-electron chi connectivity index (χ0n) is 9.20. The highest BCUT2D eigenvalue weighted by molar-refractivity contribution is 6.03. The van der Waals surface area contributed by atoms with Gasteiger partial charge in [0.2, 0.25) is 0 Å². The Morgan fingerprint density at radius 1 is 0.800 bits per heavy atom. The van der Waals surface area contributed by atoms with Crippen molar-refractivity contribution in [1.82, 2.24) is 0 Å². The molecule has 3 aromatic carbocycles. The molecule has 0 aromatic heterocycles. The van der Waals surface area contributed by atoms with Crippen molar-refractivity contribution in [2.45, 2.75) is 0 Å². The maximum absolute atomic E-state index is 7.28. The summed E-state index contributed by atoms with van der Waals surface area (Å²) < 4.78 is 7.28. The number of hydrogen-bond acceptors (Lipinski definition) is 1. The predicted octanol–water partition coefficient (Wildman–Crippen LogP) is 3.58. The highest BCUT2D eigenvalue weighted by Gasteiger charge is 1.99. The maximum atomic E-state index is 7.28. The Labute approximate surface area is 89.6 Å². The maximum Gasteiger partial charge on any atom is 0.156 e. The molecule has 0 saturated heterocycles. The molecule has 2 N–H and O–H groups in total. The van der Waals surface area contributed by atoms with Gasteiger partial charge < -0.3 is 5.73 Å². The van der Waals surface area contributed by atoms with Crippen molar-refractivity contribution in [2.24, 2.45) is 0 Å². The van der Waals surface area contributed by atoms with Gasteiger partial charge in [-0.25, -0.2) is 0 Å². The van der Waals surface area contributed by atoms with E-state index in [1.165, 1.54) is 10.8 Å². The third kappa shape index (κ3) is 1.24. The standard InChI is InChI=1S/C14H11N/c15-14-7-3-6-12-8-10-4-1-2-5-11(10)9-13(12)14/h1-9H,15H2/i/hD. The normalized spacial score (nSPS) is 11.6. The molecule has 1 nitrogen and oxygen atoms in total. The SMILES string of the molecule is [2H]Nc1cccc2cc3ccccc3cc12. The fourth-order valence-electron chi connectivity index (χ4n) is 1.97. The van der Waals surface area contributed by atoms with Crippen LogP contribution >= 0.6 is 0 Å². The topological polar surface area (TPSA) is 26.0 Å². The second-order valence-electron chi connectivity index (χ2n) is 3.73. The molecule has 72 valence electrons. The molecule has 0 radical (unpaired) electrons. The molecule has 15 heavy (non-hydrogen) atoms. The van der Waals surface area contributed by atoms with Crippen LogP contribution in [0.15, 0.2) is 54.6 Å². The van der Waals surface area contributed by atoms with Crippen molar-refractivity contribution in [3.63, 3.8) is 0 Å². The summed E-state index contributed by atoms with van der Waals surface area (Å²) in [6, 6.07) is 18.5. The first-order valence-corrected chi connectivity index (χ1v) is 4.98. The average molecular weight is 194 g/mol. The smallest absolute Gasteiger partial charge is 0.156 e. The molecule has 0 atom stereocenters. The Kier molecular flexibility index (Phi) is 1.45. The summed E-state index contributed by atoms with van der Waals surface area (Å²) in [7, 11) is 0. The third-order valence-corrected chi connectivity index (χ3v) is 2.75. The molecule has 0 fully saturated rings. The summed E-state index contributed by atoms with van der Waals surface area (Å²) in [4.78, 5) is 0. The second-order valence-corrected chi connectivity index (χ2v) is 3.73. The van der Waals surface area contributed by atoms with Crippen LogP contribution in [-0.2, 0) is 0 Å². The predicted molar refractivity (Wildman–Crippen MR) is 65.9 cm³/mol. The van der Waals surface area contributed by atoms with Crippen LogP contribution in [0.2, 0.25) is 1.41 Å². The van der Waals surface area contributed by atoms with Gasteiger partial charge in [0.15, 0.2) is 1.41 Å². The lowest BCUT2D eigenvalue weighted by molar-refractivity contribution is 1.74. The van der Waals surface area contributed by atoms with Crippen molar-refractivity contribution in [3.8, 4) is 0 Å². The monoisotopic (exact) mass is 194 g/mol. The molecule has 0 aliphatic carbocycles. The molecule has 0 saturated carbocycles. The number of rotatable bonds is 1. The largest absolute Gasteiger partial charge is 0.398 e. The van der Waals surface area contributed by atoms with E-state index in [0.29, 0.717) is 0 Å². The molecule has 0 bridgehead atoms. The molecule has 0 spiro atoms. The zero-order chi connectivity index (χ0) is 11.0. The first-order chi connectivity index (χ1) is 7.88. The van der Waals surface area contributed by atoms with Crippen LogP contribution in [0.5, 0.6) is 0 Å². The van der Waals surface area contributed by atoms with Gasteiger partial charge in [-0.1, -0.05) is 36.4 Å². The van der Waals surface area contributed by atoms with E-state index in [0.717, 1.165) is 16.5 Å². The van der Waals surface area contributed by atoms with Gasteiger partial charge >= 0.3 is 0 Å². The third-order valence-electron chi connectivity index (χ3n) is 2.75. The van der Waals surface area contributed by atoms with Crippen molar-refractivity contribution in [1.29, 1.82) is 0 Å². The van der Waals surface area contributed by atoms with Crippen LogP contribution in [-0.4, -0.2) is 0 Å². The van der Waals surface area contributed by atoms with Gasteiger partial charge in [0, 0.05) is 11.1 Å². The molecule has 0 unspecified atom stereocenters.